The van der Waals surface area contributed by atoms with Gasteiger partial charge in [-0.1, -0.05) is 18.2 Å². The van der Waals surface area contributed by atoms with Gasteiger partial charge in [0, 0.05) is 24.0 Å². The van der Waals surface area contributed by atoms with Gasteiger partial charge in [-0.3, -0.25) is 4.79 Å². The predicted molar refractivity (Wildman–Crippen MR) is 115 cm³/mol. The summed E-state index contributed by atoms with van der Waals surface area (Å²) in [7, 11) is 1.30. The fourth-order valence-corrected chi connectivity index (χ4v) is 3.83. The minimum absolute atomic E-state index is 0.0865. The maximum atomic E-state index is 12.6. The van der Waals surface area contributed by atoms with Crippen LogP contribution in [0.2, 0.25) is 0 Å². The number of benzene rings is 2. The first-order chi connectivity index (χ1) is 15.0. The largest absolute Gasteiger partial charge is 0.465 e. The number of carbonyl (C=O) groups is 3. The van der Waals surface area contributed by atoms with Gasteiger partial charge in [0.25, 0.3) is 0 Å². The fourth-order valence-electron chi connectivity index (χ4n) is 3.83. The zero-order chi connectivity index (χ0) is 22.0. The molecule has 0 radical (unpaired) electrons. The van der Waals surface area contributed by atoms with Crippen LogP contribution in [0.5, 0.6) is 0 Å². The number of ether oxygens (including phenoxy) is 2. The van der Waals surface area contributed by atoms with Crippen LogP contribution in [-0.4, -0.2) is 36.5 Å². The summed E-state index contributed by atoms with van der Waals surface area (Å²) in [6.45, 7) is 2.34. The van der Waals surface area contributed by atoms with Crippen LogP contribution in [0, 0.1) is 6.92 Å². The molecule has 1 aromatic heterocycles. The van der Waals surface area contributed by atoms with Crippen molar-refractivity contribution < 1.29 is 23.9 Å². The highest BCUT2D eigenvalue weighted by Crippen LogP contribution is 2.25. The van der Waals surface area contributed by atoms with E-state index in [-0.39, 0.29) is 12.5 Å². The smallest absolute Gasteiger partial charge is 0.340 e. The zero-order valence-corrected chi connectivity index (χ0v) is 17.4. The summed E-state index contributed by atoms with van der Waals surface area (Å²) in [4.78, 5) is 43.0. The number of pyridine rings is 1. The monoisotopic (exact) mass is 418 g/mol. The van der Waals surface area contributed by atoms with E-state index in [2.05, 4.69) is 4.98 Å². The topological polar surface area (TPSA) is 85.8 Å². The molecule has 0 spiro atoms. The summed E-state index contributed by atoms with van der Waals surface area (Å²) in [5.74, 6) is -0.979. The zero-order valence-electron chi connectivity index (χ0n) is 17.4. The van der Waals surface area contributed by atoms with Crippen LogP contribution < -0.4 is 4.90 Å². The van der Waals surface area contributed by atoms with Gasteiger partial charge in [0.05, 0.1) is 29.4 Å². The minimum Gasteiger partial charge on any atom is -0.465 e. The third-order valence-electron chi connectivity index (χ3n) is 5.44. The molecule has 0 bridgehead atoms. The van der Waals surface area contributed by atoms with Gasteiger partial charge in [-0.2, -0.15) is 0 Å². The number of aryl methyl sites for hydroxylation is 1. The Hall–Kier alpha value is -3.74. The molecule has 1 amide bonds. The Balaban J connectivity index is 1.55. The van der Waals surface area contributed by atoms with Gasteiger partial charge in [0.15, 0.2) is 0 Å². The molecule has 1 aliphatic heterocycles. The molecule has 0 saturated carbocycles. The highest BCUT2D eigenvalue weighted by molar-refractivity contribution is 5.99. The first-order valence-electron chi connectivity index (χ1n) is 10.0. The fraction of sp³-hybridized carbons (Fsp3) is 0.250. The Kier molecular flexibility index (Phi) is 5.66. The Morgan fingerprint density at radius 3 is 2.48 bits per heavy atom. The first kappa shape index (κ1) is 20.5. The van der Waals surface area contributed by atoms with Crippen LogP contribution in [0.3, 0.4) is 0 Å². The quantitative estimate of drug-likeness (QED) is 0.586. The lowest BCUT2D eigenvalue weighted by Crippen LogP contribution is -2.23. The molecule has 1 fully saturated rings. The summed E-state index contributed by atoms with van der Waals surface area (Å²) >= 11 is 0. The van der Waals surface area contributed by atoms with Crippen molar-refractivity contribution >= 4 is 34.4 Å². The second-order valence-corrected chi connectivity index (χ2v) is 7.34. The van der Waals surface area contributed by atoms with Crippen molar-refractivity contribution in [3.63, 3.8) is 0 Å². The molecule has 2 aromatic carbocycles. The van der Waals surface area contributed by atoms with E-state index in [0.717, 1.165) is 23.1 Å². The third-order valence-corrected chi connectivity index (χ3v) is 5.44. The van der Waals surface area contributed by atoms with Gasteiger partial charge in [0.1, 0.15) is 6.61 Å². The van der Waals surface area contributed by atoms with E-state index in [1.165, 1.54) is 7.11 Å². The highest BCUT2D eigenvalue weighted by atomic mass is 16.5. The molecule has 0 aliphatic carbocycles. The van der Waals surface area contributed by atoms with Gasteiger partial charge in [0.2, 0.25) is 5.91 Å². The molecule has 4 rings (SSSR count). The molecule has 2 heterocycles. The van der Waals surface area contributed by atoms with Crippen molar-refractivity contribution in [1.82, 2.24) is 4.98 Å². The molecule has 31 heavy (non-hydrogen) atoms. The Morgan fingerprint density at radius 2 is 1.81 bits per heavy atom. The van der Waals surface area contributed by atoms with Gasteiger partial charge < -0.3 is 14.4 Å². The van der Waals surface area contributed by atoms with E-state index in [1.54, 1.807) is 29.2 Å². The number of rotatable bonds is 5. The summed E-state index contributed by atoms with van der Waals surface area (Å²) in [5.41, 5.74) is 3.19. The van der Waals surface area contributed by atoms with Crippen LogP contribution >= 0.6 is 0 Å². The molecule has 158 valence electrons. The van der Waals surface area contributed by atoms with E-state index in [0.29, 0.717) is 35.3 Å². The van der Waals surface area contributed by atoms with Crippen molar-refractivity contribution in [2.75, 3.05) is 18.6 Å². The van der Waals surface area contributed by atoms with E-state index in [4.69, 9.17) is 9.47 Å². The molecule has 0 unspecified atom stereocenters. The van der Waals surface area contributed by atoms with Crippen LogP contribution in [0.1, 0.15) is 44.8 Å². The van der Waals surface area contributed by atoms with Crippen LogP contribution in [0.25, 0.3) is 10.9 Å². The molecule has 1 aliphatic rings. The van der Waals surface area contributed by atoms with E-state index in [1.807, 2.05) is 31.2 Å². The minimum atomic E-state index is -0.539. The lowest BCUT2D eigenvalue weighted by atomic mass is 10.0. The van der Waals surface area contributed by atoms with Gasteiger partial charge in [-0.25, -0.2) is 14.6 Å². The van der Waals surface area contributed by atoms with Crippen molar-refractivity contribution in [3.05, 3.63) is 70.9 Å². The lowest BCUT2D eigenvalue weighted by Gasteiger charge is -2.16. The number of fused-ring (bicyclic) bond motifs is 1. The van der Waals surface area contributed by atoms with E-state index < -0.39 is 11.9 Å². The number of carbonyl (C=O) groups excluding carboxylic acids is 3. The number of hydrogen-bond acceptors (Lipinski definition) is 6. The van der Waals surface area contributed by atoms with Crippen molar-refractivity contribution in [1.29, 1.82) is 0 Å². The Morgan fingerprint density at radius 1 is 1.06 bits per heavy atom. The lowest BCUT2D eigenvalue weighted by molar-refractivity contribution is -0.117. The number of esters is 2. The molecule has 7 nitrogen and oxygen atoms in total. The molecular formula is C24H22N2O5. The summed E-state index contributed by atoms with van der Waals surface area (Å²) in [6, 6.07) is 14.2. The van der Waals surface area contributed by atoms with Crippen LogP contribution in [-0.2, 0) is 20.9 Å². The number of methoxy groups -OCH3 is 1. The van der Waals surface area contributed by atoms with E-state index >= 15 is 0 Å². The van der Waals surface area contributed by atoms with Crippen LogP contribution in [0.4, 0.5) is 5.69 Å². The average molecular weight is 418 g/mol. The molecule has 1 saturated heterocycles. The Bertz CT molecular complexity index is 1170. The number of aromatic nitrogens is 1. The maximum Gasteiger partial charge on any atom is 0.340 e. The SMILES string of the molecule is COC(=O)c1c(COC(=O)c2ccc(N3CCCC3=O)cc2)nc2ccccc2c1C. The maximum absolute atomic E-state index is 12.6. The Labute approximate surface area is 179 Å². The molecule has 3 aromatic rings. The third kappa shape index (κ3) is 3.99. The standard InChI is InChI=1S/C24H22N2O5/c1-15-18-6-3-4-7-19(18)25-20(22(15)24(29)30-2)14-31-23(28)16-9-11-17(12-10-16)26-13-5-8-21(26)27/h3-4,6-7,9-12H,5,8,13-14H2,1-2H3. The molecule has 7 heteroatoms. The number of hydrogen-bond donors (Lipinski definition) is 0. The summed E-state index contributed by atoms with van der Waals surface area (Å²) in [6.07, 6.45) is 1.38. The summed E-state index contributed by atoms with van der Waals surface area (Å²) < 4.78 is 10.4. The highest BCUT2D eigenvalue weighted by Gasteiger charge is 2.23. The summed E-state index contributed by atoms with van der Waals surface area (Å²) in [5, 5.41) is 0.838. The number of amides is 1. The van der Waals surface area contributed by atoms with Gasteiger partial charge in [-0.05, 0) is 49.2 Å². The number of anilines is 1. The average Bonchev–Trinajstić information content (AvgIpc) is 3.23. The van der Waals surface area contributed by atoms with Gasteiger partial charge in [-0.15, -0.1) is 0 Å². The number of nitrogens with zero attached hydrogens (tertiary/aromatic N) is 2. The molecular weight excluding hydrogens is 396 g/mol. The number of para-hydroxylation sites is 1. The molecule has 0 N–H and O–H groups in total. The normalized spacial score (nSPS) is 13.5. The second kappa shape index (κ2) is 8.55. The predicted octanol–water partition coefficient (Wildman–Crippen LogP) is 3.81. The molecule has 0 atom stereocenters. The van der Waals surface area contributed by atoms with E-state index in [9.17, 15) is 14.4 Å². The first-order valence-corrected chi connectivity index (χ1v) is 10.0. The van der Waals surface area contributed by atoms with Gasteiger partial charge >= 0.3 is 11.9 Å². The van der Waals surface area contributed by atoms with Crippen molar-refractivity contribution in [2.24, 2.45) is 0 Å². The van der Waals surface area contributed by atoms with Crippen LogP contribution in [0.15, 0.2) is 48.5 Å². The second-order valence-electron chi connectivity index (χ2n) is 7.34. The van der Waals surface area contributed by atoms with Crippen molar-refractivity contribution in [2.45, 2.75) is 26.4 Å². The van der Waals surface area contributed by atoms with Crippen molar-refractivity contribution in [3.8, 4) is 0 Å².